The maximum Gasteiger partial charge on any atom is 0.251 e. The Bertz CT molecular complexity index is 612. The molecule has 1 heterocycles. The standard InChI is InChI=1S/C13H14ClN3OS/c1-8-6-12(18)17-13(16-8)19-11(7-15)9-2-4-10(14)5-3-9/h2-6,11H,7,15H2,1H3,(H,16,17,18). The Morgan fingerprint density at radius 1 is 1.42 bits per heavy atom. The van der Waals surface area contributed by atoms with Crippen molar-refractivity contribution in [3.8, 4) is 0 Å². The van der Waals surface area contributed by atoms with E-state index in [0.717, 1.165) is 5.56 Å². The predicted octanol–water partition coefficient (Wildman–Crippen LogP) is 2.52. The SMILES string of the molecule is Cc1cc(=O)[nH]c(SC(CN)c2ccc(Cl)cc2)n1. The van der Waals surface area contributed by atoms with Crippen LogP contribution in [0, 0.1) is 6.92 Å². The molecule has 0 spiro atoms. The molecule has 0 bridgehead atoms. The highest BCUT2D eigenvalue weighted by Crippen LogP contribution is 2.32. The van der Waals surface area contributed by atoms with Crippen molar-refractivity contribution in [3.05, 3.63) is 57.0 Å². The summed E-state index contributed by atoms with van der Waals surface area (Å²) in [5.74, 6) is 0. The molecule has 0 saturated carbocycles. The van der Waals surface area contributed by atoms with Crippen LogP contribution in [0.25, 0.3) is 0 Å². The summed E-state index contributed by atoms with van der Waals surface area (Å²) >= 11 is 7.30. The van der Waals surface area contributed by atoms with Crippen LogP contribution in [0.2, 0.25) is 5.02 Å². The number of thioether (sulfide) groups is 1. The number of aryl methyl sites for hydroxylation is 1. The summed E-state index contributed by atoms with van der Waals surface area (Å²) < 4.78 is 0. The first kappa shape index (κ1) is 14.1. The van der Waals surface area contributed by atoms with Crippen molar-refractivity contribution < 1.29 is 0 Å². The number of aromatic nitrogens is 2. The zero-order valence-electron chi connectivity index (χ0n) is 10.4. The fourth-order valence-electron chi connectivity index (χ4n) is 1.67. The Morgan fingerprint density at radius 2 is 2.11 bits per heavy atom. The van der Waals surface area contributed by atoms with E-state index in [-0.39, 0.29) is 10.8 Å². The smallest absolute Gasteiger partial charge is 0.251 e. The van der Waals surface area contributed by atoms with Gasteiger partial charge in [0.2, 0.25) is 0 Å². The van der Waals surface area contributed by atoms with Crippen molar-refractivity contribution in [3.63, 3.8) is 0 Å². The Morgan fingerprint density at radius 3 is 2.68 bits per heavy atom. The van der Waals surface area contributed by atoms with Gasteiger partial charge in [-0.2, -0.15) is 0 Å². The third-order valence-electron chi connectivity index (χ3n) is 2.56. The Balaban J connectivity index is 2.23. The van der Waals surface area contributed by atoms with Crippen molar-refractivity contribution in [1.82, 2.24) is 9.97 Å². The molecule has 4 nitrogen and oxygen atoms in total. The van der Waals surface area contributed by atoms with Crippen LogP contribution < -0.4 is 11.3 Å². The topological polar surface area (TPSA) is 71.8 Å². The first-order valence-electron chi connectivity index (χ1n) is 5.78. The van der Waals surface area contributed by atoms with Crippen molar-refractivity contribution >= 4 is 23.4 Å². The third kappa shape index (κ3) is 3.83. The van der Waals surface area contributed by atoms with Gasteiger partial charge < -0.3 is 10.7 Å². The van der Waals surface area contributed by atoms with Crippen molar-refractivity contribution in [1.29, 1.82) is 0 Å². The molecular weight excluding hydrogens is 282 g/mol. The number of hydrogen-bond donors (Lipinski definition) is 2. The lowest BCUT2D eigenvalue weighted by molar-refractivity contribution is 0.879. The molecule has 6 heteroatoms. The van der Waals surface area contributed by atoms with Crippen LogP contribution in [0.5, 0.6) is 0 Å². The molecule has 1 aromatic carbocycles. The summed E-state index contributed by atoms with van der Waals surface area (Å²) in [5.41, 5.74) is 7.39. The molecule has 1 unspecified atom stereocenters. The summed E-state index contributed by atoms with van der Waals surface area (Å²) in [4.78, 5) is 18.4. The molecular formula is C13H14ClN3OS. The van der Waals surface area contributed by atoms with Gasteiger partial charge in [0.05, 0.1) is 0 Å². The number of H-pyrrole nitrogens is 1. The minimum absolute atomic E-state index is 0.0298. The maximum atomic E-state index is 11.4. The lowest BCUT2D eigenvalue weighted by Gasteiger charge is -2.14. The van der Waals surface area contributed by atoms with E-state index in [1.807, 2.05) is 24.3 Å². The number of nitrogens with two attached hydrogens (primary N) is 1. The van der Waals surface area contributed by atoms with E-state index < -0.39 is 0 Å². The fourth-order valence-corrected chi connectivity index (χ4v) is 2.81. The summed E-state index contributed by atoms with van der Waals surface area (Å²) in [5, 5.41) is 1.30. The van der Waals surface area contributed by atoms with Crippen LogP contribution in [0.15, 0.2) is 40.3 Å². The first-order valence-corrected chi connectivity index (χ1v) is 7.04. The minimum Gasteiger partial charge on any atom is -0.329 e. The summed E-state index contributed by atoms with van der Waals surface area (Å²) in [6, 6.07) is 8.98. The van der Waals surface area contributed by atoms with Crippen LogP contribution in [-0.2, 0) is 0 Å². The van der Waals surface area contributed by atoms with E-state index >= 15 is 0 Å². The van der Waals surface area contributed by atoms with Crippen molar-refractivity contribution in [2.45, 2.75) is 17.3 Å². The van der Waals surface area contributed by atoms with Gasteiger partial charge >= 0.3 is 0 Å². The van der Waals surface area contributed by atoms with E-state index in [1.165, 1.54) is 17.8 Å². The van der Waals surface area contributed by atoms with Crippen molar-refractivity contribution in [2.24, 2.45) is 5.73 Å². The molecule has 100 valence electrons. The van der Waals surface area contributed by atoms with Gasteiger partial charge in [-0.15, -0.1) is 0 Å². The summed E-state index contributed by atoms with van der Waals surface area (Å²) in [7, 11) is 0. The van der Waals surface area contributed by atoms with Gasteiger partial charge in [-0.05, 0) is 24.6 Å². The zero-order chi connectivity index (χ0) is 13.8. The number of benzene rings is 1. The van der Waals surface area contributed by atoms with Gasteiger partial charge in [0.15, 0.2) is 5.16 Å². The van der Waals surface area contributed by atoms with E-state index in [1.54, 1.807) is 6.92 Å². The molecule has 2 rings (SSSR count). The van der Waals surface area contributed by atoms with E-state index in [9.17, 15) is 4.79 Å². The average Bonchev–Trinajstić information content (AvgIpc) is 2.36. The molecule has 1 aromatic heterocycles. The molecule has 0 saturated heterocycles. The molecule has 0 aliphatic carbocycles. The molecule has 0 amide bonds. The second-order valence-electron chi connectivity index (χ2n) is 4.09. The molecule has 0 radical (unpaired) electrons. The molecule has 2 aromatic rings. The first-order chi connectivity index (χ1) is 9.08. The number of nitrogens with zero attached hydrogens (tertiary/aromatic N) is 1. The summed E-state index contributed by atoms with van der Waals surface area (Å²) in [6.45, 7) is 2.24. The van der Waals surface area contributed by atoms with Gasteiger partial charge in [-0.1, -0.05) is 35.5 Å². The van der Waals surface area contributed by atoms with Gasteiger partial charge in [0, 0.05) is 28.6 Å². The highest BCUT2D eigenvalue weighted by molar-refractivity contribution is 7.99. The molecule has 0 fully saturated rings. The highest BCUT2D eigenvalue weighted by Gasteiger charge is 2.13. The van der Waals surface area contributed by atoms with Crippen LogP contribution >= 0.6 is 23.4 Å². The number of hydrogen-bond acceptors (Lipinski definition) is 4. The maximum absolute atomic E-state index is 11.4. The van der Waals surface area contributed by atoms with E-state index in [0.29, 0.717) is 22.4 Å². The Kier molecular flexibility index (Phi) is 4.63. The zero-order valence-corrected chi connectivity index (χ0v) is 12.0. The highest BCUT2D eigenvalue weighted by atomic mass is 35.5. The van der Waals surface area contributed by atoms with Gasteiger partial charge in [-0.25, -0.2) is 4.98 Å². The van der Waals surface area contributed by atoms with Crippen LogP contribution in [0.1, 0.15) is 16.5 Å². The quantitative estimate of drug-likeness (QED) is 0.671. The van der Waals surface area contributed by atoms with Gasteiger partial charge in [-0.3, -0.25) is 4.79 Å². The number of halogens is 1. The second-order valence-corrected chi connectivity index (χ2v) is 5.71. The van der Waals surface area contributed by atoms with E-state index in [2.05, 4.69) is 9.97 Å². The third-order valence-corrected chi connectivity index (χ3v) is 3.98. The molecule has 0 aliphatic rings. The van der Waals surface area contributed by atoms with Crippen LogP contribution in [-0.4, -0.2) is 16.5 Å². The van der Waals surface area contributed by atoms with Gasteiger partial charge in [0.25, 0.3) is 5.56 Å². The molecule has 1 atom stereocenters. The number of aromatic amines is 1. The largest absolute Gasteiger partial charge is 0.329 e. The second kappa shape index (κ2) is 6.23. The summed E-state index contributed by atoms with van der Waals surface area (Å²) in [6.07, 6.45) is 0. The number of nitrogens with one attached hydrogen (secondary N) is 1. The minimum atomic E-state index is -0.151. The average molecular weight is 296 g/mol. The van der Waals surface area contributed by atoms with Gasteiger partial charge in [0.1, 0.15) is 0 Å². The molecule has 19 heavy (non-hydrogen) atoms. The lowest BCUT2D eigenvalue weighted by Crippen LogP contribution is -2.13. The van der Waals surface area contributed by atoms with E-state index in [4.69, 9.17) is 17.3 Å². The van der Waals surface area contributed by atoms with Crippen LogP contribution in [0.3, 0.4) is 0 Å². The number of rotatable bonds is 4. The lowest BCUT2D eigenvalue weighted by atomic mass is 10.1. The fraction of sp³-hybridized carbons (Fsp3) is 0.231. The Hall–Kier alpha value is -1.30. The van der Waals surface area contributed by atoms with Crippen molar-refractivity contribution in [2.75, 3.05) is 6.54 Å². The Labute approximate surface area is 120 Å². The monoisotopic (exact) mass is 295 g/mol. The normalized spacial score (nSPS) is 12.4. The predicted molar refractivity (Wildman–Crippen MR) is 78.7 cm³/mol. The van der Waals surface area contributed by atoms with Crippen LogP contribution in [0.4, 0.5) is 0 Å². The molecule has 3 N–H and O–H groups in total. The molecule has 0 aliphatic heterocycles.